The third kappa shape index (κ3) is 2.85. The van der Waals surface area contributed by atoms with Gasteiger partial charge in [-0.25, -0.2) is 4.98 Å². The maximum Gasteiger partial charge on any atom is 0.165 e. The molecule has 0 atom stereocenters. The summed E-state index contributed by atoms with van der Waals surface area (Å²) >= 11 is 0. The molecule has 2 heterocycles. The van der Waals surface area contributed by atoms with Gasteiger partial charge in [0.25, 0.3) is 0 Å². The molecule has 1 aromatic heterocycles. The number of ether oxygens (including phenoxy) is 2. The first-order valence-electron chi connectivity index (χ1n) is 6.36. The van der Waals surface area contributed by atoms with Crippen LogP contribution in [0.3, 0.4) is 0 Å². The van der Waals surface area contributed by atoms with Crippen LogP contribution in [0, 0.1) is 0 Å². The topological polar surface area (TPSA) is 72.1 Å². The van der Waals surface area contributed by atoms with Crippen LogP contribution in [0.4, 0.5) is 0 Å². The van der Waals surface area contributed by atoms with Gasteiger partial charge >= 0.3 is 0 Å². The Morgan fingerprint density at radius 3 is 3.11 bits per heavy atom. The van der Waals surface area contributed by atoms with Crippen molar-refractivity contribution in [1.82, 2.24) is 20.5 Å². The molecular weight excluding hydrogens is 244 g/mol. The van der Waals surface area contributed by atoms with Crippen LogP contribution >= 0.6 is 0 Å². The highest BCUT2D eigenvalue weighted by atomic mass is 16.6. The predicted octanol–water partition coefficient (Wildman–Crippen LogP) is 0.908. The van der Waals surface area contributed by atoms with E-state index in [0.29, 0.717) is 13.2 Å². The van der Waals surface area contributed by atoms with Gasteiger partial charge < -0.3 is 14.8 Å². The molecule has 2 N–H and O–H groups in total. The summed E-state index contributed by atoms with van der Waals surface area (Å²) in [4.78, 5) is 4.08. The van der Waals surface area contributed by atoms with Crippen molar-refractivity contribution in [2.24, 2.45) is 0 Å². The van der Waals surface area contributed by atoms with E-state index >= 15 is 0 Å². The molecule has 1 aliphatic rings. The largest absolute Gasteiger partial charge is 0.486 e. The van der Waals surface area contributed by atoms with Crippen molar-refractivity contribution in [3.8, 4) is 11.5 Å². The van der Waals surface area contributed by atoms with Gasteiger partial charge in [-0.2, -0.15) is 5.10 Å². The van der Waals surface area contributed by atoms with E-state index in [1.807, 2.05) is 12.1 Å². The van der Waals surface area contributed by atoms with Crippen LogP contribution in [0.25, 0.3) is 0 Å². The van der Waals surface area contributed by atoms with Gasteiger partial charge in [-0.3, -0.25) is 5.10 Å². The molecule has 0 amide bonds. The minimum absolute atomic E-state index is 0.613. The first-order chi connectivity index (χ1) is 9.43. The quantitative estimate of drug-likeness (QED) is 0.782. The SMILES string of the molecule is c1cc(CNCCc2ncn[nH]2)c2c(c1)OCCO2. The van der Waals surface area contributed by atoms with Crippen LogP contribution in [0.2, 0.25) is 0 Å². The zero-order chi connectivity index (χ0) is 12.9. The maximum atomic E-state index is 5.66. The summed E-state index contributed by atoms with van der Waals surface area (Å²) < 4.78 is 11.2. The molecule has 0 fully saturated rings. The van der Waals surface area contributed by atoms with Gasteiger partial charge in [-0.15, -0.1) is 0 Å². The number of aromatic nitrogens is 3. The average molecular weight is 260 g/mol. The van der Waals surface area contributed by atoms with Crippen LogP contribution < -0.4 is 14.8 Å². The number of rotatable bonds is 5. The molecule has 1 aromatic carbocycles. The van der Waals surface area contributed by atoms with Gasteiger partial charge in [0.15, 0.2) is 11.5 Å². The van der Waals surface area contributed by atoms with E-state index in [-0.39, 0.29) is 0 Å². The summed E-state index contributed by atoms with van der Waals surface area (Å²) in [6.07, 6.45) is 2.35. The highest BCUT2D eigenvalue weighted by Gasteiger charge is 2.14. The van der Waals surface area contributed by atoms with E-state index in [1.165, 1.54) is 6.33 Å². The van der Waals surface area contributed by atoms with Crippen LogP contribution in [0.5, 0.6) is 11.5 Å². The fourth-order valence-electron chi connectivity index (χ4n) is 2.05. The second-order valence-electron chi connectivity index (χ2n) is 4.30. The van der Waals surface area contributed by atoms with Crippen molar-refractivity contribution in [3.63, 3.8) is 0 Å². The Bertz CT molecular complexity index is 527. The molecule has 100 valence electrons. The molecule has 0 spiro atoms. The number of hydrogen-bond donors (Lipinski definition) is 2. The van der Waals surface area contributed by atoms with Gasteiger partial charge in [0.1, 0.15) is 25.4 Å². The highest BCUT2D eigenvalue weighted by molar-refractivity contribution is 5.47. The number of fused-ring (bicyclic) bond motifs is 1. The Morgan fingerprint density at radius 2 is 2.21 bits per heavy atom. The third-order valence-corrected chi connectivity index (χ3v) is 2.97. The normalized spacial score (nSPS) is 13.5. The molecule has 0 saturated carbocycles. The van der Waals surface area contributed by atoms with Crippen molar-refractivity contribution in [3.05, 3.63) is 35.9 Å². The fourth-order valence-corrected chi connectivity index (χ4v) is 2.05. The molecule has 0 radical (unpaired) electrons. The van der Waals surface area contributed by atoms with Crippen molar-refractivity contribution >= 4 is 0 Å². The number of benzene rings is 1. The summed E-state index contributed by atoms with van der Waals surface area (Å²) in [5.74, 6) is 2.59. The number of nitrogens with zero attached hydrogens (tertiary/aromatic N) is 2. The Kier molecular flexibility index (Phi) is 3.60. The number of H-pyrrole nitrogens is 1. The Hall–Kier alpha value is -2.08. The molecular formula is C13H16N4O2. The van der Waals surface area contributed by atoms with Gasteiger partial charge in [-0.1, -0.05) is 12.1 Å². The molecule has 0 aliphatic carbocycles. The monoisotopic (exact) mass is 260 g/mol. The smallest absolute Gasteiger partial charge is 0.165 e. The van der Waals surface area contributed by atoms with E-state index in [0.717, 1.165) is 42.4 Å². The molecule has 0 saturated heterocycles. The number of para-hydroxylation sites is 1. The molecule has 2 aromatic rings. The summed E-state index contributed by atoms with van der Waals surface area (Å²) in [6.45, 7) is 2.82. The lowest BCUT2D eigenvalue weighted by Crippen LogP contribution is -2.20. The number of hydrogen-bond acceptors (Lipinski definition) is 5. The lowest BCUT2D eigenvalue weighted by molar-refractivity contribution is 0.169. The van der Waals surface area contributed by atoms with Gasteiger partial charge in [0.05, 0.1) is 0 Å². The number of aromatic amines is 1. The lowest BCUT2D eigenvalue weighted by atomic mass is 10.1. The van der Waals surface area contributed by atoms with Crippen LogP contribution in [-0.4, -0.2) is 34.9 Å². The fraction of sp³-hybridized carbons (Fsp3) is 0.385. The highest BCUT2D eigenvalue weighted by Crippen LogP contribution is 2.33. The minimum atomic E-state index is 0.613. The first-order valence-corrected chi connectivity index (χ1v) is 6.36. The second-order valence-corrected chi connectivity index (χ2v) is 4.30. The molecule has 1 aliphatic heterocycles. The van der Waals surface area contributed by atoms with Gasteiger partial charge in [0, 0.05) is 25.1 Å². The van der Waals surface area contributed by atoms with Crippen molar-refractivity contribution in [2.45, 2.75) is 13.0 Å². The Labute approximate surface area is 111 Å². The van der Waals surface area contributed by atoms with Gasteiger partial charge in [-0.05, 0) is 6.07 Å². The number of nitrogens with one attached hydrogen (secondary N) is 2. The predicted molar refractivity (Wildman–Crippen MR) is 69.2 cm³/mol. The summed E-state index contributed by atoms with van der Waals surface area (Å²) in [7, 11) is 0. The Morgan fingerprint density at radius 1 is 1.26 bits per heavy atom. The average Bonchev–Trinajstić information content (AvgIpc) is 2.97. The third-order valence-electron chi connectivity index (χ3n) is 2.97. The minimum Gasteiger partial charge on any atom is -0.486 e. The zero-order valence-electron chi connectivity index (χ0n) is 10.6. The Balaban J connectivity index is 1.55. The lowest BCUT2D eigenvalue weighted by Gasteiger charge is -2.21. The van der Waals surface area contributed by atoms with Crippen molar-refractivity contribution in [2.75, 3.05) is 19.8 Å². The molecule has 0 bridgehead atoms. The second kappa shape index (κ2) is 5.71. The van der Waals surface area contributed by atoms with Gasteiger partial charge in [0.2, 0.25) is 0 Å². The maximum absolute atomic E-state index is 5.66. The van der Waals surface area contributed by atoms with E-state index < -0.39 is 0 Å². The van der Waals surface area contributed by atoms with Crippen LogP contribution in [0.1, 0.15) is 11.4 Å². The molecule has 0 unspecified atom stereocenters. The molecule has 3 rings (SSSR count). The van der Waals surface area contributed by atoms with E-state index in [2.05, 4.69) is 26.6 Å². The molecule has 6 heteroatoms. The first kappa shape index (κ1) is 12.0. The van der Waals surface area contributed by atoms with Crippen LogP contribution in [0.15, 0.2) is 24.5 Å². The van der Waals surface area contributed by atoms with Crippen molar-refractivity contribution < 1.29 is 9.47 Å². The van der Waals surface area contributed by atoms with Crippen molar-refractivity contribution in [1.29, 1.82) is 0 Å². The zero-order valence-corrected chi connectivity index (χ0v) is 10.6. The summed E-state index contributed by atoms with van der Waals surface area (Å²) in [5, 5.41) is 10.0. The van der Waals surface area contributed by atoms with Crippen LogP contribution in [-0.2, 0) is 13.0 Å². The molecule has 19 heavy (non-hydrogen) atoms. The standard InChI is InChI=1S/C13H16N4O2/c1-2-10(13-11(3-1)18-6-7-19-13)8-14-5-4-12-15-9-16-17-12/h1-3,9,14H,4-8H2,(H,15,16,17). The summed E-state index contributed by atoms with van der Waals surface area (Å²) in [6, 6.07) is 5.97. The van der Waals surface area contributed by atoms with E-state index in [4.69, 9.17) is 9.47 Å². The van der Waals surface area contributed by atoms with E-state index in [1.54, 1.807) is 0 Å². The molecule has 6 nitrogen and oxygen atoms in total. The summed E-state index contributed by atoms with van der Waals surface area (Å²) in [5.41, 5.74) is 1.12. The van der Waals surface area contributed by atoms with E-state index in [9.17, 15) is 0 Å².